The van der Waals surface area contributed by atoms with E-state index in [4.69, 9.17) is 5.73 Å². The zero-order valence-corrected chi connectivity index (χ0v) is 10.3. The van der Waals surface area contributed by atoms with Gasteiger partial charge in [-0.1, -0.05) is 18.2 Å². The molecule has 1 aromatic carbocycles. The highest BCUT2D eigenvalue weighted by Gasteiger charge is 2.05. The number of hydrogen-bond donors (Lipinski definition) is 2. The minimum Gasteiger partial charge on any atom is -0.331 e. The smallest absolute Gasteiger partial charge is 0.187 e. The molecular formula is C12H15N3S. The first-order valence-electron chi connectivity index (χ1n) is 5.19. The summed E-state index contributed by atoms with van der Waals surface area (Å²) >= 11 is 1.67. The number of anilines is 2. The van der Waals surface area contributed by atoms with Crippen LogP contribution in [0.3, 0.4) is 0 Å². The molecule has 0 aliphatic rings. The second kappa shape index (κ2) is 4.63. The van der Waals surface area contributed by atoms with Crippen LogP contribution in [0.5, 0.6) is 0 Å². The summed E-state index contributed by atoms with van der Waals surface area (Å²) in [6, 6.07) is 8.03. The van der Waals surface area contributed by atoms with Gasteiger partial charge in [0, 0.05) is 17.1 Å². The Kier molecular flexibility index (Phi) is 3.22. The fourth-order valence-electron chi connectivity index (χ4n) is 1.46. The van der Waals surface area contributed by atoms with Crippen molar-refractivity contribution >= 4 is 22.2 Å². The van der Waals surface area contributed by atoms with Crippen molar-refractivity contribution in [3.05, 3.63) is 40.4 Å². The lowest BCUT2D eigenvalue weighted by molar-refractivity contribution is 1.07. The molecule has 0 radical (unpaired) electrons. The van der Waals surface area contributed by atoms with Crippen LogP contribution in [0, 0.1) is 13.8 Å². The molecule has 2 aromatic rings. The summed E-state index contributed by atoms with van der Waals surface area (Å²) in [6.45, 7) is 4.63. The van der Waals surface area contributed by atoms with Crippen molar-refractivity contribution < 1.29 is 0 Å². The average Bonchev–Trinajstić information content (AvgIpc) is 2.59. The molecule has 0 spiro atoms. The number of aromatic nitrogens is 1. The monoisotopic (exact) mass is 233 g/mol. The van der Waals surface area contributed by atoms with Crippen molar-refractivity contribution in [2.45, 2.75) is 20.4 Å². The van der Waals surface area contributed by atoms with Crippen LogP contribution in [0.4, 0.5) is 10.8 Å². The van der Waals surface area contributed by atoms with Crippen LogP contribution in [-0.4, -0.2) is 4.98 Å². The van der Waals surface area contributed by atoms with E-state index < -0.39 is 0 Å². The van der Waals surface area contributed by atoms with Crippen LogP contribution in [0.25, 0.3) is 0 Å². The number of nitrogens with zero attached hydrogens (tertiary/aromatic N) is 1. The van der Waals surface area contributed by atoms with Gasteiger partial charge in [-0.05, 0) is 25.5 Å². The minimum absolute atomic E-state index is 0.534. The van der Waals surface area contributed by atoms with E-state index in [1.165, 1.54) is 4.88 Å². The highest BCUT2D eigenvalue weighted by atomic mass is 32.1. The second-order valence-electron chi connectivity index (χ2n) is 3.65. The maximum absolute atomic E-state index is 5.68. The summed E-state index contributed by atoms with van der Waals surface area (Å²) in [4.78, 5) is 5.69. The molecule has 0 bridgehead atoms. The van der Waals surface area contributed by atoms with Gasteiger partial charge in [0.05, 0.1) is 5.69 Å². The molecule has 0 aliphatic heterocycles. The second-order valence-corrected chi connectivity index (χ2v) is 4.85. The van der Waals surface area contributed by atoms with Crippen molar-refractivity contribution in [2.75, 3.05) is 5.32 Å². The van der Waals surface area contributed by atoms with Crippen molar-refractivity contribution in [3.8, 4) is 0 Å². The summed E-state index contributed by atoms with van der Waals surface area (Å²) in [5, 5.41) is 4.24. The zero-order valence-electron chi connectivity index (χ0n) is 9.45. The summed E-state index contributed by atoms with van der Waals surface area (Å²) in [7, 11) is 0. The molecule has 0 saturated heterocycles. The van der Waals surface area contributed by atoms with Gasteiger partial charge in [-0.3, -0.25) is 0 Å². The van der Waals surface area contributed by atoms with Crippen LogP contribution >= 0.6 is 11.3 Å². The third-order valence-corrected chi connectivity index (χ3v) is 3.50. The van der Waals surface area contributed by atoms with Crippen LogP contribution in [0.15, 0.2) is 24.3 Å². The summed E-state index contributed by atoms with van der Waals surface area (Å²) in [5.74, 6) is 0. The van der Waals surface area contributed by atoms with E-state index in [1.54, 1.807) is 11.3 Å². The Bertz CT molecular complexity index is 471. The Morgan fingerprint density at radius 3 is 2.69 bits per heavy atom. The summed E-state index contributed by atoms with van der Waals surface area (Å²) in [5.41, 5.74) is 8.91. The molecule has 1 aromatic heterocycles. The molecule has 0 amide bonds. The topological polar surface area (TPSA) is 50.9 Å². The van der Waals surface area contributed by atoms with E-state index in [2.05, 4.69) is 17.2 Å². The number of nitrogens with two attached hydrogens (primary N) is 1. The standard InChI is InChI=1S/C12H15N3S/c1-8-9(2)16-12(14-8)15-11-6-4-3-5-10(11)7-13/h3-6H,7,13H2,1-2H3,(H,14,15). The van der Waals surface area contributed by atoms with Crippen LogP contribution in [0.2, 0.25) is 0 Å². The molecular weight excluding hydrogens is 218 g/mol. The predicted molar refractivity (Wildman–Crippen MR) is 69.2 cm³/mol. The van der Waals surface area contributed by atoms with Gasteiger partial charge in [0.2, 0.25) is 0 Å². The molecule has 0 unspecified atom stereocenters. The molecule has 1 heterocycles. The van der Waals surface area contributed by atoms with E-state index in [9.17, 15) is 0 Å². The zero-order chi connectivity index (χ0) is 11.5. The van der Waals surface area contributed by atoms with E-state index >= 15 is 0 Å². The Morgan fingerprint density at radius 1 is 1.31 bits per heavy atom. The van der Waals surface area contributed by atoms with E-state index in [-0.39, 0.29) is 0 Å². The number of nitrogens with one attached hydrogen (secondary N) is 1. The number of hydrogen-bond acceptors (Lipinski definition) is 4. The summed E-state index contributed by atoms with van der Waals surface area (Å²) < 4.78 is 0. The van der Waals surface area contributed by atoms with E-state index in [0.29, 0.717) is 6.54 Å². The van der Waals surface area contributed by atoms with Crippen molar-refractivity contribution in [1.29, 1.82) is 0 Å². The number of benzene rings is 1. The Labute approximate surface area is 99.3 Å². The van der Waals surface area contributed by atoms with Crippen LogP contribution < -0.4 is 11.1 Å². The lowest BCUT2D eigenvalue weighted by Crippen LogP contribution is -2.01. The third kappa shape index (κ3) is 2.23. The number of para-hydroxylation sites is 1. The largest absolute Gasteiger partial charge is 0.331 e. The van der Waals surface area contributed by atoms with Gasteiger partial charge in [0.1, 0.15) is 0 Å². The first-order valence-corrected chi connectivity index (χ1v) is 6.01. The Morgan fingerprint density at radius 2 is 2.06 bits per heavy atom. The quantitative estimate of drug-likeness (QED) is 0.857. The first-order chi connectivity index (χ1) is 7.70. The van der Waals surface area contributed by atoms with Crippen molar-refractivity contribution in [1.82, 2.24) is 4.98 Å². The Balaban J connectivity index is 2.26. The normalized spacial score (nSPS) is 10.4. The SMILES string of the molecule is Cc1nc(Nc2ccccc2CN)sc1C. The predicted octanol–water partition coefficient (Wildman–Crippen LogP) is 2.96. The van der Waals surface area contributed by atoms with E-state index in [1.807, 2.05) is 31.2 Å². The maximum atomic E-state index is 5.68. The van der Waals surface area contributed by atoms with Crippen LogP contribution in [0.1, 0.15) is 16.1 Å². The number of thiazole rings is 1. The maximum Gasteiger partial charge on any atom is 0.187 e. The number of aryl methyl sites for hydroxylation is 2. The van der Waals surface area contributed by atoms with Gasteiger partial charge in [-0.2, -0.15) is 0 Å². The molecule has 3 N–H and O–H groups in total. The van der Waals surface area contributed by atoms with Crippen molar-refractivity contribution in [3.63, 3.8) is 0 Å². The van der Waals surface area contributed by atoms with Gasteiger partial charge in [-0.25, -0.2) is 4.98 Å². The fraction of sp³-hybridized carbons (Fsp3) is 0.250. The molecule has 0 fully saturated rings. The van der Waals surface area contributed by atoms with Gasteiger partial charge >= 0.3 is 0 Å². The lowest BCUT2D eigenvalue weighted by Gasteiger charge is -2.07. The van der Waals surface area contributed by atoms with Gasteiger partial charge in [0.15, 0.2) is 5.13 Å². The fourth-order valence-corrected chi connectivity index (χ4v) is 2.29. The van der Waals surface area contributed by atoms with Crippen molar-refractivity contribution in [2.24, 2.45) is 5.73 Å². The molecule has 0 saturated carbocycles. The highest BCUT2D eigenvalue weighted by Crippen LogP contribution is 2.26. The molecule has 0 aliphatic carbocycles. The third-order valence-electron chi connectivity index (χ3n) is 2.51. The van der Waals surface area contributed by atoms with Crippen LogP contribution in [-0.2, 0) is 6.54 Å². The molecule has 2 rings (SSSR count). The van der Waals surface area contributed by atoms with Gasteiger partial charge in [0.25, 0.3) is 0 Å². The van der Waals surface area contributed by atoms with Gasteiger partial charge in [-0.15, -0.1) is 11.3 Å². The molecule has 84 valence electrons. The highest BCUT2D eigenvalue weighted by molar-refractivity contribution is 7.15. The molecule has 3 nitrogen and oxygen atoms in total. The minimum atomic E-state index is 0.534. The summed E-state index contributed by atoms with van der Waals surface area (Å²) in [6.07, 6.45) is 0. The lowest BCUT2D eigenvalue weighted by atomic mass is 10.2. The average molecular weight is 233 g/mol. The molecule has 0 atom stereocenters. The van der Waals surface area contributed by atoms with Gasteiger partial charge < -0.3 is 11.1 Å². The Hall–Kier alpha value is -1.39. The number of rotatable bonds is 3. The molecule has 16 heavy (non-hydrogen) atoms. The van der Waals surface area contributed by atoms with E-state index in [0.717, 1.165) is 22.1 Å². The first kappa shape index (κ1) is 11.1. The molecule has 4 heteroatoms.